The van der Waals surface area contributed by atoms with Gasteiger partial charge in [-0.1, -0.05) is 0 Å². The van der Waals surface area contributed by atoms with E-state index in [4.69, 9.17) is 9.47 Å². The van der Waals surface area contributed by atoms with Crippen LogP contribution in [0.25, 0.3) is 0 Å². The van der Waals surface area contributed by atoms with Gasteiger partial charge in [0.05, 0.1) is 33.4 Å². The normalized spacial score (nSPS) is 26.6. The van der Waals surface area contributed by atoms with Crippen LogP contribution in [0.1, 0.15) is 25.7 Å². The number of ether oxygens (including phenoxy) is 2. The van der Waals surface area contributed by atoms with Crippen LogP contribution in [0.4, 0.5) is 22.7 Å². The standard InChI is InChI=1S/C18H16N4O6/c23-21(24)11-4-6-14-15(9-11)27-17-7-1-2-8-18(17,20-14)28-16-10-12(22(25)26)3-5-13(16)19-17/h3-6,9-10,19-20H,1-2,7-8H2/t17-,18-/m0/s1. The summed E-state index contributed by atoms with van der Waals surface area (Å²) in [6.07, 6.45) is 2.98. The zero-order valence-corrected chi connectivity index (χ0v) is 14.6. The molecule has 144 valence electrons. The third-order valence-corrected chi connectivity index (χ3v) is 5.55. The van der Waals surface area contributed by atoms with Crippen molar-refractivity contribution >= 4 is 22.7 Å². The summed E-state index contributed by atoms with van der Waals surface area (Å²) < 4.78 is 12.6. The first kappa shape index (κ1) is 16.6. The van der Waals surface area contributed by atoms with Crippen LogP contribution in [0, 0.1) is 20.2 Å². The quantitative estimate of drug-likeness (QED) is 0.591. The van der Waals surface area contributed by atoms with E-state index in [2.05, 4.69) is 10.6 Å². The van der Waals surface area contributed by atoms with Crippen molar-refractivity contribution in [2.24, 2.45) is 0 Å². The predicted octanol–water partition coefficient (Wildman–Crippen LogP) is 3.78. The fraction of sp³-hybridized carbons (Fsp3) is 0.333. The zero-order chi connectivity index (χ0) is 19.5. The summed E-state index contributed by atoms with van der Waals surface area (Å²) in [5.74, 6) is 0.737. The van der Waals surface area contributed by atoms with Gasteiger partial charge in [0.1, 0.15) is 0 Å². The van der Waals surface area contributed by atoms with Gasteiger partial charge in [-0.2, -0.15) is 0 Å². The van der Waals surface area contributed by atoms with Gasteiger partial charge in [-0.15, -0.1) is 0 Å². The summed E-state index contributed by atoms with van der Waals surface area (Å²) in [7, 11) is 0. The molecule has 10 heteroatoms. The predicted molar refractivity (Wildman–Crippen MR) is 98.6 cm³/mol. The van der Waals surface area contributed by atoms with Crippen LogP contribution >= 0.6 is 0 Å². The Labute approximate surface area is 158 Å². The first-order valence-corrected chi connectivity index (χ1v) is 8.93. The molecule has 0 aromatic heterocycles. The number of hydrogen-bond donors (Lipinski definition) is 2. The summed E-state index contributed by atoms with van der Waals surface area (Å²) in [5.41, 5.74) is -0.911. The molecular weight excluding hydrogens is 368 g/mol. The number of nitro benzene ring substituents is 2. The molecule has 2 aliphatic heterocycles. The third kappa shape index (κ3) is 2.20. The Hall–Kier alpha value is -3.56. The van der Waals surface area contributed by atoms with E-state index in [1.165, 1.54) is 24.3 Å². The minimum atomic E-state index is -0.976. The molecule has 2 aromatic carbocycles. The molecule has 5 rings (SSSR count). The van der Waals surface area contributed by atoms with E-state index in [0.29, 0.717) is 35.7 Å². The molecule has 1 aliphatic carbocycles. The molecule has 0 saturated heterocycles. The number of rotatable bonds is 2. The van der Waals surface area contributed by atoms with Crippen LogP contribution in [0.2, 0.25) is 0 Å². The summed E-state index contributed by atoms with van der Waals surface area (Å²) in [4.78, 5) is 21.3. The number of hydrogen-bond acceptors (Lipinski definition) is 8. The Morgan fingerprint density at radius 3 is 1.61 bits per heavy atom. The van der Waals surface area contributed by atoms with Crippen molar-refractivity contribution in [2.45, 2.75) is 37.1 Å². The van der Waals surface area contributed by atoms with Crippen LogP contribution in [0.3, 0.4) is 0 Å². The third-order valence-electron chi connectivity index (χ3n) is 5.55. The highest BCUT2D eigenvalue weighted by molar-refractivity contribution is 5.70. The smallest absolute Gasteiger partial charge is 0.273 e. The second-order valence-corrected chi connectivity index (χ2v) is 7.19. The fourth-order valence-corrected chi connectivity index (χ4v) is 4.23. The average Bonchev–Trinajstić information content (AvgIpc) is 2.67. The number of nitro groups is 2. The van der Waals surface area contributed by atoms with Crippen LogP contribution in [0.15, 0.2) is 36.4 Å². The summed E-state index contributed by atoms with van der Waals surface area (Å²) >= 11 is 0. The fourth-order valence-electron chi connectivity index (χ4n) is 4.23. The molecule has 0 bridgehead atoms. The molecule has 0 unspecified atom stereocenters. The van der Waals surface area contributed by atoms with E-state index in [-0.39, 0.29) is 11.4 Å². The molecule has 0 spiro atoms. The van der Waals surface area contributed by atoms with Crippen LogP contribution in [-0.2, 0) is 0 Å². The monoisotopic (exact) mass is 384 g/mol. The molecule has 2 heterocycles. The van der Waals surface area contributed by atoms with E-state index in [0.717, 1.165) is 12.8 Å². The largest absolute Gasteiger partial charge is 0.459 e. The van der Waals surface area contributed by atoms with Crippen molar-refractivity contribution < 1.29 is 19.3 Å². The van der Waals surface area contributed by atoms with Gasteiger partial charge in [-0.3, -0.25) is 20.2 Å². The van der Waals surface area contributed by atoms with Gasteiger partial charge in [0.15, 0.2) is 11.5 Å². The number of non-ortho nitro benzene ring substituents is 2. The lowest BCUT2D eigenvalue weighted by Crippen LogP contribution is -2.74. The molecule has 1 saturated carbocycles. The highest BCUT2D eigenvalue weighted by atomic mass is 16.6. The molecule has 0 radical (unpaired) electrons. The lowest BCUT2D eigenvalue weighted by Gasteiger charge is -2.58. The Bertz CT molecular complexity index is 946. The van der Waals surface area contributed by atoms with Crippen molar-refractivity contribution in [1.29, 1.82) is 0 Å². The number of nitrogens with zero attached hydrogens (tertiary/aromatic N) is 2. The Balaban J connectivity index is 1.62. The molecule has 2 aromatic rings. The van der Waals surface area contributed by atoms with Crippen molar-refractivity contribution in [3.8, 4) is 11.5 Å². The van der Waals surface area contributed by atoms with Gasteiger partial charge in [-0.05, 0) is 25.0 Å². The van der Waals surface area contributed by atoms with E-state index in [9.17, 15) is 20.2 Å². The highest BCUT2D eigenvalue weighted by Gasteiger charge is 2.63. The van der Waals surface area contributed by atoms with E-state index < -0.39 is 21.3 Å². The topological polar surface area (TPSA) is 129 Å². The lowest BCUT2D eigenvalue weighted by molar-refractivity contribution is -0.385. The molecule has 28 heavy (non-hydrogen) atoms. The first-order chi connectivity index (χ1) is 13.4. The number of fused-ring (bicyclic) bond motifs is 2. The van der Waals surface area contributed by atoms with Crippen molar-refractivity contribution in [3.05, 3.63) is 56.6 Å². The molecule has 10 nitrogen and oxygen atoms in total. The molecule has 2 atom stereocenters. The van der Waals surface area contributed by atoms with Gasteiger partial charge in [0.2, 0.25) is 11.4 Å². The summed E-state index contributed by atoms with van der Waals surface area (Å²) in [6.45, 7) is 0. The van der Waals surface area contributed by atoms with Gasteiger partial charge in [-0.25, -0.2) is 0 Å². The Morgan fingerprint density at radius 1 is 0.786 bits per heavy atom. The van der Waals surface area contributed by atoms with Crippen molar-refractivity contribution in [1.82, 2.24) is 0 Å². The number of nitrogens with one attached hydrogen (secondary N) is 2. The maximum Gasteiger partial charge on any atom is 0.273 e. The summed E-state index contributed by atoms with van der Waals surface area (Å²) in [6, 6.07) is 8.76. The van der Waals surface area contributed by atoms with Crippen LogP contribution in [0.5, 0.6) is 11.5 Å². The average molecular weight is 384 g/mol. The van der Waals surface area contributed by atoms with Gasteiger partial charge in [0, 0.05) is 25.0 Å². The molecular formula is C18H16N4O6. The minimum Gasteiger partial charge on any atom is -0.459 e. The Kier molecular flexibility index (Phi) is 3.25. The molecule has 2 N–H and O–H groups in total. The SMILES string of the molecule is O=[N+]([O-])c1ccc2c(c1)O[C@@]13CCCC[C@]1(N2)Oc1cc([N+](=O)[O-])ccc1N3. The van der Waals surface area contributed by atoms with E-state index in [1.54, 1.807) is 12.1 Å². The number of anilines is 2. The van der Waals surface area contributed by atoms with Gasteiger partial charge < -0.3 is 20.1 Å². The van der Waals surface area contributed by atoms with Crippen molar-refractivity contribution in [2.75, 3.05) is 10.6 Å². The minimum absolute atomic E-state index is 0.0620. The van der Waals surface area contributed by atoms with Gasteiger partial charge in [0.25, 0.3) is 11.4 Å². The number of benzene rings is 2. The maximum absolute atomic E-state index is 11.1. The van der Waals surface area contributed by atoms with Crippen LogP contribution < -0.4 is 20.1 Å². The second-order valence-electron chi connectivity index (χ2n) is 7.19. The molecule has 0 amide bonds. The van der Waals surface area contributed by atoms with Crippen molar-refractivity contribution in [3.63, 3.8) is 0 Å². The first-order valence-electron chi connectivity index (χ1n) is 8.93. The molecule has 1 fully saturated rings. The summed E-state index contributed by atoms with van der Waals surface area (Å²) in [5, 5.41) is 29.0. The second kappa shape index (κ2) is 5.47. The Morgan fingerprint density at radius 2 is 1.21 bits per heavy atom. The van der Waals surface area contributed by atoms with E-state index >= 15 is 0 Å². The van der Waals surface area contributed by atoms with Gasteiger partial charge >= 0.3 is 0 Å². The maximum atomic E-state index is 11.1. The molecule has 3 aliphatic rings. The highest BCUT2D eigenvalue weighted by Crippen LogP contribution is 2.54. The lowest BCUT2D eigenvalue weighted by atomic mass is 9.80. The van der Waals surface area contributed by atoms with Crippen LogP contribution in [-0.4, -0.2) is 21.3 Å². The van der Waals surface area contributed by atoms with E-state index in [1.807, 2.05) is 0 Å². The zero-order valence-electron chi connectivity index (χ0n) is 14.6.